The first-order chi connectivity index (χ1) is 10.2. The van der Waals surface area contributed by atoms with Gasteiger partial charge in [0, 0.05) is 40.2 Å². The molecule has 0 amide bonds. The molecule has 0 heterocycles. The highest BCUT2D eigenvalue weighted by Crippen LogP contribution is 2.17. The highest BCUT2D eigenvalue weighted by molar-refractivity contribution is 7.99. The van der Waals surface area contributed by atoms with Crippen molar-refractivity contribution in [3.05, 3.63) is 0 Å². The van der Waals surface area contributed by atoms with E-state index in [1.54, 1.807) is 28.4 Å². The third-order valence-corrected chi connectivity index (χ3v) is 6.75. The largest absolute Gasteiger partial charge is 0.500 e. The van der Waals surface area contributed by atoms with Crippen molar-refractivity contribution in [2.45, 2.75) is 12.5 Å². The Hall–Kier alpha value is 0.327. The lowest BCUT2D eigenvalue weighted by atomic mass is 10.6. The van der Waals surface area contributed by atoms with Crippen LogP contribution in [-0.2, 0) is 27.5 Å². The SMILES string of the molecule is COCCOCCOCCSCCC[Si](OC)(OC)OC. The number of hydrogen-bond acceptors (Lipinski definition) is 7. The van der Waals surface area contributed by atoms with Crippen LogP contribution in [0.15, 0.2) is 0 Å². The predicted molar refractivity (Wildman–Crippen MR) is 87.0 cm³/mol. The van der Waals surface area contributed by atoms with Gasteiger partial charge in [-0.1, -0.05) is 0 Å². The smallest absolute Gasteiger partial charge is 0.382 e. The van der Waals surface area contributed by atoms with Crippen LogP contribution in [0.5, 0.6) is 0 Å². The summed E-state index contributed by atoms with van der Waals surface area (Å²) >= 11 is 1.87. The van der Waals surface area contributed by atoms with Crippen molar-refractivity contribution in [3.63, 3.8) is 0 Å². The molecule has 0 aliphatic heterocycles. The van der Waals surface area contributed by atoms with E-state index in [1.807, 2.05) is 11.8 Å². The summed E-state index contributed by atoms with van der Waals surface area (Å²) in [6, 6.07) is 0.845. The third-order valence-electron chi connectivity index (χ3n) is 2.88. The number of thioether (sulfide) groups is 1. The van der Waals surface area contributed by atoms with Gasteiger partial charge in [-0.15, -0.1) is 0 Å². The van der Waals surface area contributed by atoms with E-state index in [2.05, 4.69) is 0 Å². The number of ether oxygens (including phenoxy) is 3. The first-order valence-corrected chi connectivity index (χ1v) is 10.2. The molecule has 128 valence electrons. The number of rotatable bonds is 16. The van der Waals surface area contributed by atoms with Gasteiger partial charge in [-0.05, 0) is 12.2 Å². The lowest BCUT2D eigenvalue weighted by Gasteiger charge is -2.24. The van der Waals surface area contributed by atoms with E-state index >= 15 is 0 Å². The van der Waals surface area contributed by atoms with Crippen molar-refractivity contribution in [2.24, 2.45) is 0 Å². The maximum atomic E-state index is 5.47. The van der Waals surface area contributed by atoms with Crippen LogP contribution in [0.1, 0.15) is 6.42 Å². The van der Waals surface area contributed by atoms with Gasteiger partial charge >= 0.3 is 8.80 Å². The second-order valence-corrected chi connectivity index (χ2v) is 8.54. The Morgan fingerprint density at radius 3 is 1.86 bits per heavy atom. The zero-order chi connectivity index (χ0) is 15.8. The van der Waals surface area contributed by atoms with E-state index in [4.69, 9.17) is 27.5 Å². The molecule has 0 saturated carbocycles. The predicted octanol–water partition coefficient (Wildman–Crippen LogP) is 1.67. The monoisotopic (exact) mass is 342 g/mol. The molecule has 0 saturated heterocycles. The molecule has 6 nitrogen and oxygen atoms in total. The van der Waals surface area contributed by atoms with E-state index in [9.17, 15) is 0 Å². The summed E-state index contributed by atoms with van der Waals surface area (Å²) in [7, 11) is 4.22. The van der Waals surface area contributed by atoms with Crippen LogP contribution in [0, 0.1) is 0 Å². The molecule has 0 bridgehead atoms. The van der Waals surface area contributed by atoms with Gasteiger partial charge in [0.25, 0.3) is 0 Å². The highest BCUT2D eigenvalue weighted by atomic mass is 32.2. The minimum atomic E-state index is -2.39. The Morgan fingerprint density at radius 1 is 0.714 bits per heavy atom. The van der Waals surface area contributed by atoms with Gasteiger partial charge in [-0.3, -0.25) is 0 Å². The lowest BCUT2D eigenvalue weighted by Crippen LogP contribution is -2.42. The van der Waals surface area contributed by atoms with Crippen LogP contribution in [0.4, 0.5) is 0 Å². The summed E-state index contributed by atoms with van der Waals surface area (Å²) < 4.78 is 31.8. The van der Waals surface area contributed by atoms with Gasteiger partial charge in [0.15, 0.2) is 0 Å². The Morgan fingerprint density at radius 2 is 1.29 bits per heavy atom. The highest BCUT2D eigenvalue weighted by Gasteiger charge is 2.36. The summed E-state index contributed by atoms with van der Waals surface area (Å²) in [6.07, 6.45) is 1.02. The first kappa shape index (κ1) is 21.3. The zero-order valence-corrected chi connectivity index (χ0v) is 15.5. The van der Waals surface area contributed by atoms with Crippen molar-refractivity contribution < 1.29 is 27.5 Å². The van der Waals surface area contributed by atoms with Gasteiger partial charge < -0.3 is 27.5 Å². The van der Waals surface area contributed by atoms with E-state index in [0.717, 1.165) is 30.6 Å². The second-order valence-electron chi connectivity index (χ2n) is 4.23. The number of hydrogen-bond donors (Lipinski definition) is 0. The third kappa shape index (κ3) is 11.5. The van der Waals surface area contributed by atoms with Gasteiger partial charge in [-0.2, -0.15) is 11.8 Å². The van der Waals surface area contributed by atoms with Gasteiger partial charge in [0.05, 0.1) is 33.0 Å². The average molecular weight is 343 g/mol. The van der Waals surface area contributed by atoms with Crippen molar-refractivity contribution >= 4 is 20.6 Å². The molecule has 0 radical (unpaired) electrons. The fourth-order valence-electron chi connectivity index (χ4n) is 1.63. The molecule has 0 aromatic heterocycles. The molecule has 0 aliphatic rings. The maximum Gasteiger partial charge on any atom is 0.500 e. The van der Waals surface area contributed by atoms with Crippen molar-refractivity contribution in [3.8, 4) is 0 Å². The van der Waals surface area contributed by atoms with E-state index in [0.29, 0.717) is 26.4 Å². The molecule has 0 N–H and O–H groups in total. The van der Waals surface area contributed by atoms with Crippen LogP contribution in [0.25, 0.3) is 0 Å². The molecule has 0 unspecified atom stereocenters. The number of methoxy groups -OCH3 is 1. The quantitative estimate of drug-likeness (QED) is 0.312. The zero-order valence-electron chi connectivity index (χ0n) is 13.7. The summed E-state index contributed by atoms with van der Waals surface area (Å²) in [6.45, 7) is 3.26. The van der Waals surface area contributed by atoms with E-state index in [1.165, 1.54) is 0 Å². The molecule has 8 heteroatoms. The van der Waals surface area contributed by atoms with E-state index in [-0.39, 0.29) is 0 Å². The topological polar surface area (TPSA) is 55.4 Å². The van der Waals surface area contributed by atoms with Gasteiger partial charge in [-0.25, -0.2) is 0 Å². The van der Waals surface area contributed by atoms with Gasteiger partial charge in [0.2, 0.25) is 0 Å². The van der Waals surface area contributed by atoms with Crippen LogP contribution < -0.4 is 0 Å². The molecular weight excluding hydrogens is 312 g/mol. The molecular formula is C13H30O6SSi. The van der Waals surface area contributed by atoms with Crippen molar-refractivity contribution in [1.29, 1.82) is 0 Å². The summed E-state index contributed by atoms with van der Waals surface area (Å²) in [4.78, 5) is 0. The Balaban J connectivity index is 3.29. The Bertz CT molecular complexity index is 211. The molecule has 0 spiro atoms. The summed E-state index contributed by atoms with van der Waals surface area (Å²) in [5.41, 5.74) is 0. The Kier molecular flexibility index (Phi) is 15.5. The Labute approximate surface area is 134 Å². The summed E-state index contributed by atoms with van der Waals surface area (Å²) in [5.74, 6) is 2.04. The van der Waals surface area contributed by atoms with Crippen molar-refractivity contribution in [2.75, 3.05) is 73.0 Å². The molecule has 0 atom stereocenters. The molecule has 0 aromatic carbocycles. The lowest BCUT2D eigenvalue weighted by molar-refractivity contribution is 0.0286. The normalized spacial score (nSPS) is 12.0. The van der Waals surface area contributed by atoms with Gasteiger partial charge in [0.1, 0.15) is 0 Å². The van der Waals surface area contributed by atoms with Crippen LogP contribution in [-0.4, -0.2) is 81.8 Å². The van der Waals surface area contributed by atoms with E-state index < -0.39 is 8.80 Å². The van der Waals surface area contributed by atoms with Crippen molar-refractivity contribution in [1.82, 2.24) is 0 Å². The molecule has 0 aromatic rings. The second kappa shape index (κ2) is 15.2. The fourth-order valence-corrected chi connectivity index (χ4v) is 4.40. The fraction of sp³-hybridized carbons (Fsp3) is 1.00. The average Bonchev–Trinajstić information content (AvgIpc) is 2.53. The molecule has 0 fully saturated rings. The van der Waals surface area contributed by atoms with Crippen LogP contribution in [0.3, 0.4) is 0 Å². The standard InChI is InChI=1S/C13H30O6SSi/c1-14-6-7-18-8-9-19-10-12-20-11-5-13-21(15-2,16-3)17-4/h5-13H2,1-4H3. The first-order valence-electron chi connectivity index (χ1n) is 7.12. The minimum absolute atomic E-state index is 0.623. The molecule has 0 aliphatic carbocycles. The minimum Gasteiger partial charge on any atom is -0.382 e. The van der Waals surface area contributed by atoms with Crippen LogP contribution in [0.2, 0.25) is 6.04 Å². The summed E-state index contributed by atoms with van der Waals surface area (Å²) in [5, 5.41) is 0. The molecule has 0 rings (SSSR count). The van der Waals surface area contributed by atoms with Crippen LogP contribution >= 0.6 is 11.8 Å². The molecule has 21 heavy (non-hydrogen) atoms. The maximum absolute atomic E-state index is 5.47.